The molecule has 0 aliphatic rings. The molecule has 0 unspecified atom stereocenters. The summed E-state index contributed by atoms with van der Waals surface area (Å²) in [4.78, 5) is 13.5. The second kappa shape index (κ2) is 18.0. The maximum atomic E-state index is 13.5. The standard InChI is InChI=1S/C35H42O5/c1-4-7-24-33(38-26-29-20-13-9-14-21-29)35(36)40-32(17-5-2)34(39-27-30-22-15-10-16-23-30)31(6-3)37-25-28-18-11-8-12-19-28/h4,6,8-16,18-23,31-34H,1,3,5,7,17,24-27H2,2H3/t31-,32+,33+,34-/m0/s1. The number of esters is 1. The van der Waals surface area contributed by atoms with Gasteiger partial charge >= 0.3 is 5.97 Å². The lowest BCUT2D eigenvalue weighted by Gasteiger charge is -2.33. The van der Waals surface area contributed by atoms with Crippen molar-refractivity contribution in [1.82, 2.24) is 0 Å². The molecule has 0 N–H and O–H groups in total. The van der Waals surface area contributed by atoms with Gasteiger partial charge in [-0.25, -0.2) is 4.79 Å². The van der Waals surface area contributed by atoms with Gasteiger partial charge in [0.05, 0.1) is 19.8 Å². The summed E-state index contributed by atoms with van der Waals surface area (Å²) in [5.74, 6) is -0.407. The molecule has 3 aromatic carbocycles. The fourth-order valence-electron chi connectivity index (χ4n) is 4.35. The van der Waals surface area contributed by atoms with E-state index < -0.39 is 30.4 Å². The minimum Gasteiger partial charge on any atom is -0.458 e. The third-order valence-electron chi connectivity index (χ3n) is 6.52. The molecule has 0 heterocycles. The van der Waals surface area contributed by atoms with Crippen molar-refractivity contribution < 1.29 is 23.7 Å². The van der Waals surface area contributed by atoms with E-state index in [1.807, 2.05) is 91.0 Å². The van der Waals surface area contributed by atoms with Crippen LogP contribution in [-0.2, 0) is 43.6 Å². The Hall–Kier alpha value is -3.51. The number of carbonyl (C=O) groups excluding carboxylic acids is 1. The predicted octanol–water partition coefficient (Wildman–Crippen LogP) is 7.61. The normalized spacial score (nSPS) is 14.0. The molecule has 0 bridgehead atoms. The van der Waals surface area contributed by atoms with E-state index in [1.165, 1.54) is 0 Å². The van der Waals surface area contributed by atoms with E-state index in [0.29, 0.717) is 39.1 Å². The fourth-order valence-corrected chi connectivity index (χ4v) is 4.35. The monoisotopic (exact) mass is 542 g/mol. The Bertz CT molecular complexity index is 1120. The van der Waals surface area contributed by atoms with Crippen molar-refractivity contribution in [3.8, 4) is 0 Å². The maximum Gasteiger partial charge on any atom is 0.335 e. The molecular weight excluding hydrogens is 500 g/mol. The lowest BCUT2D eigenvalue weighted by molar-refractivity contribution is -0.181. The van der Waals surface area contributed by atoms with Crippen LogP contribution in [0.2, 0.25) is 0 Å². The van der Waals surface area contributed by atoms with E-state index in [-0.39, 0.29) is 0 Å². The molecule has 0 fully saturated rings. The molecule has 0 saturated carbocycles. The maximum absolute atomic E-state index is 13.5. The van der Waals surface area contributed by atoms with Crippen molar-refractivity contribution in [2.24, 2.45) is 0 Å². The Morgan fingerprint density at radius 3 is 1.70 bits per heavy atom. The lowest BCUT2D eigenvalue weighted by atomic mass is 10.0. The van der Waals surface area contributed by atoms with Crippen molar-refractivity contribution in [2.45, 2.75) is 76.8 Å². The summed E-state index contributed by atoms with van der Waals surface area (Å²) in [5, 5.41) is 0. The molecule has 0 aliphatic heterocycles. The number of ether oxygens (including phenoxy) is 4. The summed E-state index contributed by atoms with van der Waals surface area (Å²) < 4.78 is 25.0. The Kier molecular flexibility index (Phi) is 13.9. The first-order valence-electron chi connectivity index (χ1n) is 14.0. The number of benzene rings is 3. The van der Waals surface area contributed by atoms with Crippen LogP contribution in [0.25, 0.3) is 0 Å². The number of hydrogen-bond acceptors (Lipinski definition) is 5. The third kappa shape index (κ3) is 10.6. The summed E-state index contributed by atoms with van der Waals surface area (Å²) in [6.07, 6.45) is 3.72. The van der Waals surface area contributed by atoms with Crippen LogP contribution >= 0.6 is 0 Å². The van der Waals surface area contributed by atoms with Gasteiger partial charge in [-0.15, -0.1) is 13.2 Å². The van der Waals surface area contributed by atoms with Crippen molar-refractivity contribution in [1.29, 1.82) is 0 Å². The first-order chi connectivity index (χ1) is 19.6. The summed E-state index contributed by atoms with van der Waals surface area (Å²) in [6.45, 7) is 11.0. The highest BCUT2D eigenvalue weighted by Gasteiger charge is 2.34. The molecule has 4 atom stereocenters. The van der Waals surface area contributed by atoms with E-state index in [1.54, 1.807) is 12.2 Å². The van der Waals surface area contributed by atoms with Gasteiger partial charge in [-0.2, -0.15) is 0 Å². The first kappa shape index (κ1) is 31.0. The zero-order chi connectivity index (χ0) is 28.4. The predicted molar refractivity (Wildman–Crippen MR) is 159 cm³/mol. The average Bonchev–Trinajstić information content (AvgIpc) is 3.00. The Labute approximate surface area is 239 Å². The number of allylic oxidation sites excluding steroid dienone is 1. The van der Waals surface area contributed by atoms with E-state index in [0.717, 1.165) is 23.1 Å². The number of hydrogen-bond donors (Lipinski definition) is 0. The van der Waals surface area contributed by atoms with Gasteiger partial charge in [0.15, 0.2) is 6.10 Å². The Morgan fingerprint density at radius 2 is 1.23 bits per heavy atom. The topological polar surface area (TPSA) is 54.0 Å². The van der Waals surface area contributed by atoms with Crippen LogP contribution < -0.4 is 0 Å². The van der Waals surface area contributed by atoms with Crippen molar-refractivity contribution in [3.63, 3.8) is 0 Å². The van der Waals surface area contributed by atoms with E-state index >= 15 is 0 Å². The second-order valence-electron chi connectivity index (χ2n) is 9.67. The highest BCUT2D eigenvalue weighted by atomic mass is 16.6. The molecule has 0 aromatic heterocycles. The molecule has 0 aliphatic carbocycles. The fraction of sp³-hybridized carbons (Fsp3) is 0.343. The molecule has 40 heavy (non-hydrogen) atoms. The number of rotatable bonds is 19. The summed E-state index contributed by atoms with van der Waals surface area (Å²) >= 11 is 0. The van der Waals surface area contributed by atoms with Gasteiger partial charge in [0.25, 0.3) is 0 Å². The van der Waals surface area contributed by atoms with Crippen molar-refractivity contribution in [2.75, 3.05) is 0 Å². The van der Waals surface area contributed by atoms with Crippen molar-refractivity contribution >= 4 is 5.97 Å². The highest BCUT2D eigenvalue weighted by molar-refractivity contribution is 5.75. The van der Waals surface area contributed by atoms with E-state index in [9.17, 15) is 4.79 Å². The van der Waals surface area contributed by atoms with Crippen LogP contribution in [0.15, 0.2) is 116 Å². The number of carbonyl (C=O) groups is 1. The van der Waals surface area contributed by atoms with Gasteiger partial charge in [0.1, 0.15) is 18.3 Å². The zero-order valence-electron chi connectivity index (χ0n) is 23.5. The Morgan fingerprint density at radius 1 is 0.725 bits per heavy atom. The van der Waals surface area contributed by atoms with E-state index in [2.05, 4.69) is 20.1 Å². The SMILES string of the molecule is C=CCC[C@@H](OCc1ccccc1)C(=O)O[C@H](CCC)[C@@H](OCc1ccccc1)[C@H](C=C)OCc1ccccc1. The molecular formula is C35H42O5. The molecule has 212 valence electrons. The zero-order valence-corrected chi connectivity index (χ0v) is 23.5. The largest absolute Gasteiger partial charge is 0.458 e. The molecule has 5 nitrogen and oxygen atoms in total. The molecule has 0 amide bonds. The van der Waals surface area contributed by atoms with Gasteiger partial charge in [-0.3, -0.25) is 0 Å². The van der Waals surface area contributed by atoms with Crippen LogP contribution in [-0.4, -0.2) is 30.4 Å². The molecule has 0 radical (unpaired) electrons. The average molecular weight is 543 g/mol. The first-order valence-corrected chi connectivity index (χ1v) is 14.0. The summed E-state index contributed by atoms with van der Waals surface area (Å²) in [5.41, 5.74) is 3.06. The quantitative estimate of drug-likeness (QED) is 0.115. The molecule has 5 heteroatoms. The highest BCUT2D eigenvalue weighted by Crippen LogP contribution is 2.23. The second-order valence-corrected chi connectivity index (χ2v) is 9.67. The Balaban J connectivity index is 1.78. The summed E-state index contributed by atoms with van der Waals surface area (Å²) in [6, 6.07) is 29.7. The minimum absolute atomic E-state index is 0.319. The van der Waals surface area contributed by atoms with Crippen LogP contribution in [0, 0.1) is 0 Å². The smallest absolute Gasteiger partial charge is 0.335 e. The van der Waals surface area contributed by atoms with Crippen LogP contribution in [0.1, 0.15) is 49.3 Å². The van der Waals surface area contributed by atoms with Gasteiger partial charge in [0.2, 0.25) is 0 Å². The van der Waals surface area contributed by atoms with Crippen LogP contribution in [0.4, 0.5) is 0 Å². The lowest BCUT2D eigenvalue weighted by Crippen LogP contribution is -2.44. The van der Waals surface area contributed by atoms with Crippen molar-refractivity contribution in [3.05, 3.63) is 133 Å². The molecule has 3 rings (SSSR count). The van der Waals surface area contributed by atoms with Crippen LogP contribution in [0.3, 0.4) is 0 Å². The minimum atomic E-state index is -0.722. The van der Waals surface area contributed by atoms with Gasteiger partial charge in [-0.05, 0) is 36.0 Å². The summed E-state index contributed by atoms with van der Waals surface area (Å²) in [7, 11) is 0. The molecule has 0 saturated heterocycles. The third-order valence-corrected chi connectivity index (χ3v) is 6.52. The van der Waals surface area contributed by atoms with Gasteiger partial charge < -0.3 is 18.9 Å². The van der Waals surface area contributed by atoms with Gasteiger partial charge in [-0.1, -0.05) is 116 Å². The van der Waals surface area contributed by atoms with Gasteiger partial charge in [0, 0.05) is 0 Å². The molecule has 0 spiro atoms. The van der Waals surface area contributed by atoms with Crippen LogP contribution in [0.5, 0.6) is 0 Å². The van der Waals surface area contributed by atoms with E-state index in [4.69, 9.17) is 18.9 Å². The molecule has 3 aromatic rings.